The zero-order chi connectivity index (χ0) is 6.85. The minimum Gasteiger partial charge on any atom is -0.398 e. The summed E-state index contributed by atoms with van der Waals surface area (Å²) in [4.78, 5) is 0. The molecular weight excluding hydrogens is 124 g/mol. The van der Waals surface area contributed by atoms with Crippen LogP contribution in [-0.4, -0.2) is 0 Å². The third kappa shape index (κ3) is 1.38. The van der Waals surface area contributed by atoms with Crippen LogP contribution in [-0.2, 0) is 0 Å². The second-order valence-electron chi connectivity index (χ2n) is 1.60. The Bertz CT molecular complexity index is 172. The molecule has 0 bridgehead atoms. The fourth-order valence-corrected chi connectivity index (χ4v) is 0.521. The van der Waals surface area contributed by atoms with E-state index in [1.54, 1.807) is 0 Å². The second-order valence-corrected chi connectivity index (χ2v) is 1.60. The lowest BCUT2D eigenvalue weighted by Crippen LogP contribution is -1.88. The molecule has 1 aromatic rings. The average molecular weight is 128 g/mol. The first-order valence-corrected chi connectivity index (χ1v) is 2.32. The van der Waals surface area contributed by atoms with Crippen molar-refractivity contribution in [2.45, 2.75) is 0 Å². The maximum Gasteiger partial charge on any atom is 0.136 e. The highest BCUT2D eigenvalue weighted by molar-refractivity contribution is 5.36. The number of benzene rings is 1. The van der Waals surface area contributed by atoms with E-state index in [-0.39, 0.29) is 5.69 Å². The number of halogens is 2. The van der Waals surface area contributed by atoms with Gasteiger partial charge in [0.25, 0.3) is 0 Å². The van der Waals surface area contributed by atoms with Gasteiger partial charge in [0.05, 0.1) is 0 Å². The van der Waals surface area contributed by atoms with Gasteiger partial charge >= 0.3 is 0 Å². The molecule has 0 aliphatic carbocycles. The van der Waals surface area contributed by atoms with Crippen LogP contribution in [0.25, 0.3) is 0 Å². The monoisotopic (exact) mass is 128 g/mol. The number of nitrogen functional groups attached to an aromatic ring is 1. The predicted molar refractivity (Wildman–Crippen MR) is 29.6 cm³/mol. The molecule has 0 aliphatic heterocycles. The van der Waals surface area contributed by atoms with Crippen LogP contribution in [0.2, 0.25) is 0 Å². The van der Waals surface area contributed by atoms with E-state index in [4.69, 9.17) is 5.73 Å². The summed E-state index contributed by atoms with van der Waals surface area (Å²) in [5, 5.41) is 0. The van der Waals surface area contributed by atoms with Gasteiger partial charge in [-0.1, -0.05) is 0 Å². The van der Waals surface area contributed by atoms with Crippen molar-refractivity contribution < 1.29 is 8.78 Å². The number of anilines is 1. The molecule has 0 aliphatic rings. The minimum atomic E-state index is -0.771. The van der Waals surface area contributed by atoms with E-state index < -0.39 is 11.6 Å². The maximum absolute atomic E-state index is 12.1. The van der Waals surface area contributed by atoms with Crippen LogP contribution in [0.5, 0.6) is 0 Å². The number of hydrogen-bond acceptors (Lipinski definition) is 1. The van der Waals surface area contributed by atoms with Crippen molar-refractivity contribution in [1.82, 2.24) is 0 Å². The Morgan fingerprint density at radius 3 is 2.44 bits per heavy atom. The standard InChI is InChI=1S/C6H4F2N/c7-4-1-5(8)3-6(9)2-4/h1-2H,9H2. The molecule has 0 atom stereocenters. The van der Waals surface area contributed by atoms with Crippen LogP contribution in [0.1, 0.15) is 0 Å². The molecule has 1 aromatic carbocycles. The first-order chi connectivity index (χ1) is 4.18. The van der Waals surface area contributed by atoms with Crippen molar-refractivity contribution in [3.8, 4) is 0 Å². The van der Waals surface area contributed by atoms with Gasteiger partial charge in [0.15, 0.2) is 0 Å². The van der Waals surface area contributed by atoms with E-state index >= 15 is 0 Å². The lowest BCUT2D eigenvalue weighted by atomic mass is 10.3. The highest BCUT2D eigenvalue weighted by Gasteiger charge is 1.95. The molecule has 0 saturated heterocycles. The van der Waals surface area contributed by atoms with Crippen molar-refractivity contribution >= 4 is 5.69 Å². The lowest BCUT2D eigenvalue weighted by molar-refractivity contribution is 0.583. The van der Waals surface area contributed by atoms with Crippen molar-refractivity contribution in [2.24, 2.45) is 0 Å². The van der Waals surface area contributed by atoms with Gasteiger partial charge in [-0.25, -0.2) is 8.78 Å². The number of nitrogens with two attached hydrogens (primary N) is 1. The van der Waals surface area contributed by atoms with Gasteiger partial charge in [-0.2, -0.15) is 0 Å². The molecule has 0 amide bonds. The van der Waals surface area contributed by atoms with E-state index in [9.17, 15) is 8.78 Å². The first-order valence-electron chi connectivity index (χ1n) is 2.32. The Balaban J connectivity index is 3.17. The summed E-state index contributed by atoms with van der Waals surface area (Å²) < 4.78 is 24.1. The maximum atomic E-state index is 12.1. The van der Waals surface area contributed by atoms with Crippen molar-refractivity contribution in [3.05, 3.63) is 29.8 Å². The molecule has 2 N–H and O–H groups in total. The molecule has 0 aromatic heterocycles. The quantitative estimate of drug-likeness (QED) is 0.524. The van der Waals surface area contributed by atoms with Crippen molar-refractivity contribution in [2.75, 3.05) is 5.73 Å². The molecule has 3 heteroatoms. The van der Waals surface area contributed by atoms with Crippen molar-refractivity contribution in [1.29, 1.82) is 0 Å². The second kappa shape index (κ2) is 2.01. The molecule has 9 heavy (non-hydrogen) atoms. The normalized spacial score (nSPS) is 9.56. The van der Waals surface area contributed by atoms with Crippen molar-refractivity contribution in [3.63, 3.8) is 0 Å². The number of rotatable bonds is 0. The van der Waals surface area contributed by atoms with E-state index in [0.717, 1.165) is 12.1 Å². The van der Waals surface area contributed by atoms with Gasteiger partial charge in [-0.05, 0) is 6.07 Å². The van der Waals surface area contributed by atoms with E-state index in [2.05, 4.69) is 6.07 Å². The van der Waals surface area contributed by atoms with E-state index in [1.165, 1.54) is 0 Å². The molecule has 0 spiro atoms. The topological polar surface area (TPSA) is 26.0 Å². The number of hydrogen-bond donors (Lipinski definition) is 1. The fourth-order valence-electron chi connectivity index (χ4n) is 0.521. The fraction of sp³-hybridized carbons (Fsp3) is 0. The Kier molecular flexibility index (Phi) is 1.34. The summed E-state index contributed by atoms with van der Waals surface area (Å²) in [6, 6.07) is 3.80. The molecule has 0 saturated carbocycles. The van der Waals surface area contributed by atoms with Gasteiger partial charge in [0, 0.05) is 17.8 Å². The molecule has 0 fully saturated rings. The van der Waals surface area contributed by atoms with Crippen LogP contribution in [0, 0.1) is 17.7 Å². The van der Waals surface area contributed by atoms with Gasteiger partial charge < -0.3 is 5.73 Å². The SMILES string of the molecule is Nc1[c]c(F)cc(F)c1. The molecule has 47 valence electrons. The molecule has 1 radical (unpaired) electrons. The van der Waals surface area contributed by atoms with Gasteiger partial charge in [0.2, 0.25) is 0 Å². The van der Waals surface area contributed by atoms with Gasteiger partial charge in [-0.3, -0.25) is 0 Å². The van der Waals surface area contributed by atoms with E-state index in [0.29, 0.717) is 0 Å². The zero-order valence-electron chi connectivity index (χ0n) is 4.49. The van der Waals surface area contributed by atoms with Gasteiger partial charge in [0.1, 0.15) is 11.6 Å². The summed E-state index contributed by atoms with van der Waals surface area (Å²) >= 11 is 0. The van der Waals surface area contributed by atoms with Crippen LogP contribution in [0.15, 0.2) is 12.1 Å². The van der Waals surface area contributed by atoms with Gasteiger partial charge in [-0.15, -0.1) is 0 Å². The summed E-state index contributed by atoms with van der Waals surface area (Å²) in [6.07, 6.45) is 0. The molecule has 1 nitrogen and oxygen atoms in total. The Morgan fingerprint density at radius 2 is 2.00 bits per heavy atom. The van der Waals surface area contributed by atoms with Crippen LogP contribution in [0.3, 0.4) is 0 Å². The minimum absolute atomic E-state index is 0.0208. The van der Waals surface area contributed by atoms with Crippen LogP contribution in [0.4, 0.5) is 14.5 Å². The lowest BCUT2D eigenvalue weighted by Gasteiger charge is -1.90. The average Bonchev–Trinajstić information content (AvgIpc) is 1.59. The highest BCUT2D eigenvalue weighted by atomic mass is 19.1. The summed E-state index contributed by atoms with van der Waals surface area (Å²) in [6.45, 7) is 0. The van der Waals surface area contributed by atoms with Crippen LogP contribution >= 0.6 is 0 Å². The molecule has 0 unspecified atom stereocenters. The molecule has 1 rings (SSSR count). The summed E-state index contributed by atoms with van der Waals surface area (Å²) in [7, 11) is 0. The summed E-state index contributed by atoms with van der Waals surface area (Å²) in [5.74, 6) is -1.45. The summed E-state index contributed by atoms with van der Waals surface area (Å²) in [5.41, 5.74) is 5.00. The largest absolute Gasteiger partial charge is 0.398 e. The Morgan fingerprint density at radius 1 is 1.33 bits per heavy atom. The molecular formula is C6H4F2N. The smallest absolute Gasteiger partial charge is 0.136 e. The Labute approximate surface area is 51.1 Å². The first kappa shape index (κ1) is 6.01. The van der Waals surface area contributed by atoms with E-state index in [1.807, 2.05) is 0 Å². The highest BCUT2D eigenvalue weighted by Crippen LogP contribution is 2.06. The third-order valence-electron chi connectivity index (χ3n) is 0.822. The Hall–Kier alpha value is -1.12. The predicted octanol–water partition coefficient (Wildman–Crippen LogP) is 1.35. The van der Waals surface area contributed by atoms with Crippen LogP contribution < -0.4 is 5.73 Å². The zero-order valence-corrected chi connectivity index (χ0v) is 4.49. The third-order valence-corrected chi connectivity index (χ3v) is 0.822. The molecule has 0 heterocycles.